The molecule has 0 radical (unpaired) electrons. The molecule has 4 aliphatic rings. The molecule has 4 aliphatic heterocycles. The molecule has 7 heteroatoms. The normalized spacial score (nSPS) is 27.9. The highest BCUT2D eigenvalue weighted by Crippen LogP contribution is 2.61. The Morgan fingerprint density at radius 2 is 1.87 bits per heavy atom. The van der Waals surface area contributed by atoms with Crippen molar-refractivity contribution in [2.24, 2.45) is 0 Å². The maximum atomic E-state index is 14.1. The van der Waals surface area contributed by atoms with Crippen molar-refractivity contribution >= 4 is 35.0 Å². The van der Waals surface area contributed by atoms with E-state index in [1.807, 2.05) is 23.1 Å². The molecule has 154 valence electrons. The second-order valence-electron chi connectivity index (χ2n) is 9.00. The van der Waals surface area contributed by atoms with Crippen LogP contribution in [-0.2, 0) is 14.5 Å². The van der Waals surface area contributed by atoms with Gasteiger partial charge in [0.2, 0.25) is 17.6 Å². The quantitative estimate of drug-likeness (QED) is 0.696. The van der Waals surface area contributed by atoms with E-state index >= 15 is 0 Å². The summed E-state index contributed by atoms with van der Waals surface area (Å²) in [7, 11) is 0. The Hall–Kier alpha value is -2.67. The number of fused-ring (bicyclic) bond motifs is 2. The number of thioether (sulfide) groups is 1. The molecule has 2 amide bonds. The van der Waals surface area contributed by atoms with Gasteiger partial charge in [-0.3, -0.25) is 14.5 Å². The zero-order valence-electron chi connectivity index (χ0n) is 17.1. The zero-order valence-corrected chi connectivity index (χ0v) is 17.9. The molecule has 0 N–H and O–H groups in total. The number of para-hydroxylation sites is 1. The van der Waals surface area contributed by atoms with Crippen LogP contribution in [0.25, 0.3) is 0 Å². The molecule has 30 heavy (non-hydrogen) atoms. The summed E-state index contributed by atoms with van der Waals surface area (Å²) in [5.74, 6) is 1.75. The van der Waals surface area contributed by atoms with Gasteiger partial charge in [-0.15, -0.1) is 11.8 Å². The number of rotatable bonds is 1. The first-order chi connectivity index (χ1) is 14.3. The largest absolute Gasteiger partial charge is 0.454 e. The molecule has 0 unspecified atom stereocenters. The zero-order chi connectivity index (χ0) is 20.8. The molecule has 2 aromatic carbocycles. The molecular formula is C23H22N2O4S. The molecule has 0 aliphatic carbocycles. The summed E-state index contributed by atoms with van der Waals surface area (Å²) >= 11 is 1.42. The van der Waals surface area contributed by atoms with Crippen LogP contribution in [-0.4, -0.2) is 29.9 Å². The third kappa shape index (κ3) is 2.06. The number of hydrogen-bond donors (Lipinski definition) is 0. The summed E-state index contributed by atoms with van der Waals surface area (Å²) in [5.41, 5.74) is 3.42. The first-order valence-corrected chi connectivity index (χ1v) is 11.2. The Morgan fingerprint density at radius 1 is 1.07 bits per heavy atom. The molecule has 6 rings (SSSR count). The van der Waals surface area contributed by atoms with Gasteiger partial charge in [0.05, 0.1) is 11.4 Å². The SMILES string of the molecule is C[C@@H]1CC(C)(C)N2C(=O)[C@@]3(SCC(=O)N3c3ccc4c(c3)OCO4)c3cccc1c32. The maximum Gasteiger partial charge on any atom is 0.269 e. The Balaban J connectivity index is 1.59. The van der Waals surface area contributed by atoms with Crippen molar-refractivity contribution in [3.05, 3.63) is 47.5 Å². The van der Waals surface area contributed by atoms with Crippen molar-refractivity contribution in [2.45, 2.75) is 43.5 Å². The van der Waals surface area contributed by atoms with Gasteiger partial charge >= 0.3 is 0 Å². The number of carbonyl (C=O) groups excluding carboxylic acids is 2. The van der Waals surface area contributed by atoms with Crippen LogP contribution >= 0.6 is 11.8 Å². The molecule has 1 fully saturated rings. The van der Waals surface area contributed by atoms with Crippen molar-refractivity contribution in [1.82, 2.24) is 0 Å². The van der Waals surface area contributed by atoms with E-state index in [2.05, 4.69) is 26.8 Å². The van der Waals surface area contributed by atoms with E-state index in [4.69, 9.17) is 9.47 Å². The number of ether oxygens (including phenoxy) is 2. The number of nitrogens with zero attached hydrogens (tertiary/aromatic N) is 2. The van der Waals surface area contributed by atoms with Crippen LogP contribution in [0.1, 0.15) is 44.2 Å². The van der Waals surface area contributed by atoms with Crippen LogP contribution < -0.4 is 19.3 Å². The lowest BCUT2D eigenvalue weighted by Gasteiger charge is -2.44. The van der Waals surface area contributed by atoms with E-state index in [9.17, 15) is 9.59 Å². The monoisotopic (exact) mass is 422 g/mol. The van der Waals surface area contributed by atoms with Gasteiger partial charge in [0.15, 0.2) is 11.5 Å². The van der Waals surface area contributed by atoms with E-state index in [0.717, 1.165) is 17.7 Å². The number of hydrogen-bond acceptors (Lipinski definition) is 5. The lowest BCUT2D eigenvalue weighted by atomic mass is 9.80. The van der Waals surface area contributed by atoms with E-state index < -0.39 is 4.87 Å². The Morgan fingerprint density at radius 3 is 2.70 bits per heavy atom. The summed E-state index contributed by atoms with van der Waals surface area (Å²) in [6.45, 7) is 6.61. The molecule has 1 saturated heterocycles. The third-order valence-electron chi connectivity index (χ3n) is 6.67. The van der Waals surface area contributed by atoms with Gasteiger partial charge in [-0.2, -0.15) is 0 Å². The van der Waals surface area contributed by atoms with Crippen LogP contribution in [0.5, 0.6) is 11.5 Å². The summed E-state index contributed by atoms with van der Waals surface area (Å²) in [6, 6.07) is 11.6. The lowest BCUT2D eigenvalue weighted by molar-refractivity contribution is -0.124. The first kappa shape index (κ1) is 18.1. The minimum absolute atomic E-state index is 0.0321. The number of benzene rings is 2. The molecule has 6 nitrogen and oxygen atoms in total. The van der Waals surface area contributed by atoms with Gasteiger partial charge in [-0.1, -0.05) is 25.1 Å². The smallest absolute Gasteiger partial charge is 0.269 e. The topological polar surface area (TPSA) is 59.1 Å². The van der Waals surface area contributed by atoms with Gasteiger partial charge in [0.25, 0.3) is 5.91 Å². The fourth-order valence-electron chi connectivity index (χ4n) is 5.56. The molecule has 0 saturated carbocycles. The van der Waals surface area contributed by atoms with Crippen molar-refractivity contribution in [3.63, 3.8) is 0 Å². The van der Waals surface area contributed by atoms with Gasteiger partial charge in [0, 0.05) is 22.9 Å². The Bertz CT molecular complexity index is 1130. The first-order valence-electron chi connectivity index (χ1n) is 10.2. The molecule has 2 aromatic rings. The predicted octanol–water partition coefficient (Wildman–Crippen LogP) is 3.98. The average molecular weight is 423 g/mol. The van der Waals surface area contributed by atoms with E-state index in [1.165, 1.54) is 17.3 Å². The van der Waals surface area contributed by atoms with Gasteiger partial charge < -0.3 is 14.4 Å². The standard InChI is InChI=1S/C23H22N2O4S/c1-13-10-22(2,3)25-20-15(13)5-4-6-16(20)23(21(25)27)24(19(26)11-30-23)14-7-8-17-18(9-14)29-12-28-17/h4-9,13H,10-12H2,1-3H3/t13-,23+/m1/s1. The van der Waals surface area contributed by atoms with E-state index in [-0.39, 0.29) is 29.9 Å². The van der Waals surface area contributed by atoms with Crippen LogP contribution in [0.2, 0.25) is 0 Å². The van der Waals surface area contributed by atoms with Crippen molar-refractivity contribution in [3.8, 4) is 11.5 Å². The van der Waals surface area contributed by atoms with Gasteiger partial charge in [0.1, 0.15) is 0 Å². The molecule has 1 spiro atoms. The molecular weight excluding hydrogens is 400 g/mol. The van der Waals surface area contributed by atoms with E-state index in [0.29, 0.717) is 23.1 Å². The maximum absolute atomic E-state index is 14.1. The minimum atomic E-state index is -1.09. The summed E-state index contributed by atoms with van der Waals surface area (Å²) < 4.78 is 11.0. The van der Waals surface area contributed by atoms with Crippen molar-refractivity contribution in [2.75, 3.05) is 22.3 Å². The number of amides is 2. The van der Waals surface area contributed by atoms with Crippen LogP contribution in [0.15, 0.2) is 36.4 Å². The summed E-state index contributed by atoms with van der Waals surface area (Å²) in [5, 5.41) is 0. The van der Waals surface area contributed by atoms with Crippen LogP contribution in [0, 0.1) is 0 Å². The van der Waals surface area contributed by atoms with Crippen molar-refractivity contribution < 1.29 is 19.1 Å². The highest BCUT2D eigenvalue weighted by atomic mass is 32.2. The van der Waals surface area contributed by atoms with Crippen molar-refractivity contribution in [1.29, 1.82) is 0 Å². The summed E-state index contributed by atoms with van der Waals surface area (Å²) in [6.07, 6.45) is 0.883. The second kappa shape index (κ2) is 5.72. The number of carbonyl (C=O) groups is 2. The average Bonchev–Trinajstić information content (AvgIpc) is 3.37. The Labute approximate surface area is 179 Å². The molecule has 0 bridgehead atoms. The molecule has 0 aromatic heterocycles. The number of anilines is 2. The van der Waals surface area contributed by atoms with Gasteiger partial charge in [-0.25, -0.2) is 0 Å². The van der Waals surface area contributed by atoms with Gasteiger partial charge in [-0.05, 0) is 43.9 Å². The molecule has 2 atom stereocenters. The van der Waals surface area contributed by atoms with Crippen LogP contribution in [0.4, 0.5) is 11.4 Å². The van der Waals surface area contributed by atoms with E-state index in [1.54, 1.807) is 17.0 Å². The molecule has 4 heterocycles. The summed E-state index contributed by atoms with van der Waals surface area (Å²) in [4.78, 5) is 29.9. The van der Waals surface area contributed by atoms with Crippen LogP contribution in [0.3, 0.4) is 0 Å². The second-order valence-corrected chi connectivity index (χ2v) is 10.2. The minimum Gasteiger partial charge on any atom is -0.454 e. The highest BCUT2D eigenvalue weighted by Gasteiger charge is 2.64. The highest BCUT2D eigenvalue weighted by molar-refractivity contribution is 8.02. The lowest BCUT2D eigenvalue weighted by Crippen LogP contribution is -2.56. The Kier molecular flexibility index (Phi) is 3.46. The third-order valence-corrected chi connectivity index (χ3v) is 8.06. The predicted molar refractivity (Wildman–Crippen MR) is 115 cm³/mol. The fourth-order valence-corrected chi connectivity index (χ4v) is 6.89. The fraction of sp³-hybridized carbons (Fsp3) is 0.391.